The molecule has 0 bridgehead atoms. The van der Waals surface area contributed by atoms with Crippen molar-refractivity contribution in [2.75, 3.05) is 57.6 Å². The maximum atomic E-state index is 13.1. The standard InChI is InChI=1S/C21H27N3O5/c1-2-20(25)29-19-15-24(23-7-11-28-12-8-23)18-4-3-16(13-17(18)21(19)26)14-22-5-9-27-10-6-22/h3-4,13,15H,2,5-12,14H2,1H3. The Kier molecular flexibility index (Phi) is 6.13. The van der Waals surface area contributed by atoms with E-state index in [9.17, 15) is 9.59 Å². The lowest BCUT2D eigenvalue weighted by Gasteiger charge is -2.32. The van der Waals surface area contributed by atoms with Gasteiger partial charge in [-0.1, -0.05) is 13.0 Å². The monoisotopic (exact) mass is 401 g/mol. The molecule has 1 aromatic heterocycles. The highest BCUT2D eigenvalue weighted by Gasteiger charge is 2.19. The highest BCUT2D eigenvalue weighted by atomic mass is 16.5. The van der Waals surface area contributed by atoms with Crippen LogP contribution in [0.25, 0.3) is 10.9 Å². The van der Waals surface area contributed by atoms with Gasteiger partial charge in [0.25, 0.3) is 0 Å². The zero-order chi connectivity index (χ0) is 20.2. The number of hydrogen-bond acceptors (Lipinski definition) is 7. The number of aromatic nitrogens is 1. The van der Waals surface area contributed by atoms with E-state index in [0.29, 0.717) is 31.7 Å². The van der Waals surface area contributed by atoms with Gasteiger partial charge in [0, 0.05) is 26.1 Å². The van der Waals surface area contributed by atoms with Gasteiger partial charge in [-0.05, 0) is 17.7 Å². The van der Waals surface area contributed by atoms with Crippen molar-refractivity contribution in [3.63, 3.8) is 0 Å². The summed E-state index contributed by atoms with van der Waals surface area (Å²) in [6.07, 6.45) is 1.84. The predicted octanol–water partition coefficient (Wildman–Crippen LogP) is 1.12. The largest absolute Gasteiger partial charge is 0.421 e. The number of carbonyl (C=O) groups is 1. The molecule has 2 saturated heterocycles. The molecule has 2 aliphatic heterocycles. The van der Waals surface area contributed by atoms with Gasteiger partial charge in [0.15, 0.2) is 5.75 Å². The molecule has 0 N–H and O–H groups in total. The van der Waals surface area contributed by atoms with E-state index in [-0.39, 0.29) is 17.6 Å². The average molecular weight is 401 g/mol. The maximum absolute atomic E-state index is 13.1. The summed E-state index contributed by atoms with van der Waals surface area (Å²) < 4.78 is 18.2. The lowest BCUT2D eigenvalue weighted by atomic mass is 10.1. The number of hydrogen-bond donors (Lipinski definition) is 0. The summed E-state index contributed by atoms with van der Waals surface area (Å²) in [7, 11) is 0. The number of nitrogens with zero attached hydrogens (tertiary/aromatic N) is 3. The van der Waals surface area contributed by atoms with E-state index < -0.39 is 5.97 Å². The Morgan fingerprint density at radius 1 is 1.07 bits per heavy atom. The first-order valence-electron chi connectivity index (χ1n) is 10.2. The number of fused-ring (bicyclic) bond motifs is 1. The van der Waals surface area contributed by atoms with Gasteiger partial charge in [0.2, 0.25) is 5.43 Å². The topological polar surface area (TPSA) is 73.2 Å². The molecule has 4 rings (SSSR count). The average Bonchev–Trinajstić information content (AvgIpc) is 2.77. The molecule has 0 atom stereocenters. The number of pyridine rings is 1. The Hall–Kier alpha value is -2.42. The summed E-state index contributed by atoms with van der Waals surface area (Å²) >= 11 is 0. The molecule has 0 saturated carbocycles. The van der Waals surface area contributed by atoms with Crippen LogP contribution in [0.3, 0.4) is 0 Å². The second-order valence-electron chi connectivity index (χ2n) is 7.30. The van der Waals surface area contributed by atoms with Crippen LogP contribution < -0.4 is 15.2 Å². The van der Waals surface area contributed by atoms with Gasteiger partial charge in [0.1, 0.15) is 0 Å². The highest BCUT2D eigenvalue weighted by molar-refractivity contribution is 5.82. The number of rotatable bonds is 5. The molecule has 1 aromatic carbocycles. The Morgan fingerprint density at radius 2 is 1.76 bits per heavy atom. The summed E-state index contributed by atoms with van der Waals surface area (Å²) in [5, 5.41) is 2.67. The molecule has 0 spiro atoms. The zero-order valence-corrected chi connectivity index (χ0v) is 16.8. The molecule has 2 aromatic rings. The van der Waals surface area contributed by atoms with Gasteiger partial charge in [-0.25, -0.2) is 0 Å². The highest BCUT2D eigenvalue weighted by Crippen LogP contribution is 2.20. The Bertz CT molecular complexity index is 930. The molecule has 8 nitrogen and oxygen atoms in total. The summed E-state index contributed by atoms with van der Waals surface area (Å²) in [6.45, 7) is 8.33. The molecule has 8 heteroatoms. The first-order chi connectivity index (χ1) is 14.2. The smallest absolute Gasteiger partial charge is 0.311 e. The Morgan fingerprint density at radius 3 is 2.45 bits per heavy atom. The van der Waals surface area contributed by atoms with Crippen LogP contribution in [0.5, 0.6) is 5.75 Å². The SMILES string of the molecule is CCC(=O)Oc1cn(N2CCOCC2)c2ccc(CN3CCOCC3)cc2c1=O. The number of ether oxygens (including phenoxy) is 3. The van der Waals surface area contributed by atoms with Crippen molar-refractivity contribution in [2.24, 2.45) is 0 Å². The minimum atomic E-state index is -0.417. The molecule has 0 amide bonds. The molecule has 3 heterocycles. The summed E-state index contributed by atoms with van der Waals surface area (Å²) in [4.78, 5) is 27.3. The van der Waals surface area contributed by atoms with Gasteiger partial charge >= 0.3 is 5.97 Å². The molecule has 29 heavy (non-hydrogen) atoms. The van der Waals surface area contributed by atoms with Gasteiger partial charge in [0.05, 0.1) is 56.6 Å². The van der Waals surface area contributed by atoms with E-state index in [1.54, 1.807) is 13.1 Å². The van der Waals surface area contributed by atoms with Gasteiger partial charge in [-0.2, -0.15) is 0 Å². The first kappa shape index (κ1) is 19.9. The van der Waals surface area contributed by atoms with Crippen molar-refractivity contribution >= 4 is 16.9 Å². The van der Waals surface area contributed by atoms with Gasteiger partial charge in [-0.15, -0.1) is 0 Å². The summed E-state index contributed by atoms with van der Waals surface area (Å²) in [5.41, 5.74) is 1.61. The molecule has 156 valence electrons. The van der Waals surface area contributed by atoms with Crippen molar-refractivity contribution in [2.45, 2.75) is 19.9 Å². The number of esters is 1. The van der Waals surface area contributed by atoms with E-state index in [4.69, 9.17) is 14.2 Å². The van der Waals surface area contributed by atoms with Crippen LogP contribution in [0.4, 0.5) is 0 Å². The van der Waals surface area contributed by atoms with E-state index >= 15 is 0 Å². The van der Waals surface area contributed by atoms with E-state index in [0.717, 1.165) is 43.9 Å². The van der Waals surface area contributed by atoms with Gasteiger partial charge < -0.3 is 19.2 Å². The van der Waals surface area contributed by atoms with E-state index in [1.807, 2.05) is 16.8 Å². The molecule has 2 fully saturated rings. The Balaban J connectivity index is 1.75. The molecule has 0 unspecified atom stereocenters. The van der Waals surface area contributed by atoms with Crippen molar-refractivity contribution < 1.29 is 19.0 Å². The van der Waals surface area contributed by atoms with Crippen LogP contribution in [0.15, 0.2) is 29.2 Å². The fraction of sp³-hybridized carbons (Fsp3) is 0.524. The third kappa shape index (κ3) is 4.44. The van der Waals surface area contributed by atoms with Crippen LogP contribution in [-0.2, 0) is 20.8 Å². The number of morpholine rings is 2. The number of benzene rings is 1. The third-order valence-corrected chi connectivity index (χ3v) is 5.33. The van der Waals surface area contributed by atoms with Crippen LogP contribution in [0.1, 0.15) is 18.9 Å². The zero-order valence-electron chi connectivity index (χ0n) is 16.8. The lowest BCUT2D eigenvalue weighted by Crippen LogP contribution is -2.44. The fourth-order valence-electron chi connectivity index (χ4n) is 3.72. The molecule has 0 aliphatic carbocycles. The maximum Gasteiger partial charge on any atom is 0.311 e. The molecular weight excluding hydrogens is 374 g/mol. The van der Waals surface area contributed by atoms with Crippen LogP contribution >= 0.6 is 0 Å². The normalized spacial score (nSPS) is 18.2. The predicted molar refractivity (Wildman–Crippen MR) is 109 cm³/mol. The van der Waals surface area contributed by atoms with Crippen molar-refractivity contribution in [1.82, 2.24) is 9.58 Å². The summed E-state index contributed by atoms with van der Waals surface area (Å²) in [6, 6.07) is 5.96. The molecule has 2 aliphatic rings. The fourth-order valence-corrected chi connectivity index (χ4v) is 3.72. The lowest BCUT2D eigenvalue weighted by molar-refractivity contribution is -0.134. The van der Waals surface area contributed by atoms with E-state index in [2.05, 4.69) is 16.0 Å². The van der Waals surface area contributed by atoms with Crippen LogP contribution in [0, 0.1) is 0 Å². The van der Waals surface area contributed by atoms with E-state index in [1.165, 1.54) is 0 Å². The first-order valence-corrected chi connectivity index (χ1v) is 10.2. The van der Waals surface area contributed by atoms with Gasteiger partial charge in [-0.3, -0.25) is 19.2 Å². The molecule has 0 radical (unpaired) electrons. The van der Waals surface area contributed by atoms with Crippen LogP contribution in [0.2, 0.25) is 0 Å². The number of carbonyl (C=O) groups excluding carboxylic acids is 1. The second kappa shape index (κ2) is 8.94. The minimum Gasteiger partial charge on any atom is -0.421 e. The quantitative estimate of drug-likeness (QED) is 0.695. The van der Waals surface area contributed by atoms with Crippen LogP contribution in [-0.4, -0.2) is 68.2 Å². The van der Waals surface area contributed by atoms with Crippen molar-refractivity contribution in [3.05, 3.63) is 40.2 Å². The minimum absolute atomic E-state index is 0.0689. The second-order valence-corrected chi connectivity index (χ2v) is 7.30. The summed E-state index contributed by atoms with van der Waals surface area (Å²) in [5.74, 6) is -0.348. The van der Waals surface area contributed by atoms with Crippen molar-refractivity contribution in [1.29, 1.82) is 0 Å². The third-order valence-electron chi connectivity index (χ3n) is 5.33. The Labute approximate surface area is 169 Å². The molecular formula is C21H27N3O5. The van der Waals surface area contributed by atoms with Crippen molar-refractivity contribution in [3.8, 4) is 5.75 Å².